The van der Waals surface area contributed by atoms with Crippen molar-refractivity contribution in [3.05, 3.63) is 78.4 Å². The fraction of sp³-hybridized carbons (Fsp3) is 0.100. The molecule has 0 fully saturated rings. The number of rotatable bonds is 6. The molecular formula is C20H17N5O3. The van der Waals surface area contributed by atoms with E-state index in [4.69, 9.17) is 5.11 Å². The summed E-state index contributed by atoms with van der Waals surface area (Å²) in [5.41, 5.74) is 1.82. The molecule has 4 aromatic rings. The summed E-state index contributed by atoms with van der Waals surface area (Å²) in [5, 5.41) is 22.1. The number of carbonyl (C=O) groups excluding carboxylic acids is 1. The third kappa shape index (κ3) is 3.61. The summed E-state index contributed by atoms with van der Waals surface area (Å²) in [6.07, 6.45) is 4.68. The number of aromatic nitrogens is 4. The average Bonchev–Trinajstić information content (AvgIpc) is 3.31. The Morgan fingerprint density at radius 1 is 1.04 bits per heavy atom. The van der Waals surface area contributed by atoms with Gasteiger partial charge in [0.05, 0.1) is 18.4 Å². The van der Waals surface area contributed by atoms with Gasteiger partial charge in [-0.05, 0) is 22.4 Å². The van der Waals surface area contributed by atoms with Gasteiger partial charge >= 0.3 is 5.97 Å². The predicted octanol–water partition coefficient (Wildman–Crippen LogP) is 2.62. The zero-order chi connectivity index (χ0) is 19.5. The van der Waals surface area contributed by atoms with Gasteiger partial charge in [-0.15, -0.1) is 0 Å². The number of hydrogen-bond acceptors (Lipinski definition) is 4. The summed E-state index contributed by atoms with van der Waals surface area (Å²) in [4.78, 5) is 23.3. The van der Waals surface area contributed by atoms with Crippen molar-refractivity contribution in [1.82, 2.24) is 19.6 Å². The lowest BCUT2D eigenvalue weighted by Crippen LogP contribution is -2.20. The minimum absolute atomic E-state index is 0.171. The maximum atomic E-state index is 12.4. The summed E-state index contributed by atoms with van der Waals surface area (Å²) in [6, 6.07) is 15.7. The first-order valence-electron chi connectivity index (χ1n) is 8.64. The first kappa shape index (κ1) is 17.5. The number of nitrogens with one attached hydrogen (secondary N) is 1. The van der Waals surface area contributed by atoms with Crippen molar-refractivity contribution in [3.8, 4) is 0 Å². The van der Waals surface area contributed by atoms with Gasteiger partial charge in [0.1, 0.15) is 12.2 Å². The Bertz CT molecular complexity index is 1160. The molecule has 0 spiro atoms. The molecule has 0 aliphatic rings. The largest absolute Gasteiger partial charge is 0.480 e. The number of carboxylic acids is 1. The second kappa shape index (κ2) is 7.36. The molecule has 8 nitrogen and oxygen atoms in total. The number of carboxylic acid groups (broad SMARTS) is 1. The number of nitrogens with zero attached hydrogens (tertiary/aromatic N) is 4. The van der Waals surface area contributed by atoms with Gasteiger partial charge in [0.15, 0.2) is 0 Å². The summed E-state index contributed by atoms with van der Waals surface area (Å²) in [7, 11) is 0. The number of amides is 1. The van der Waals surface area contributed by atoms with E-state index >= 15 is 0 Å². The highest BCUT2D eigenvalue weighted by molar-refractivity contribution is 6.03. The van der Waals surface area contributed by atoms with Crippen LogP contribution >= 0.6 is 0 Å². The Hall–Kier alpha value is -3.94. The number of hydrogen-bond donors (Lipinski definition) is 2. The highest BCUT2D eigenvalue weighted by Gasteiger charge is 2.15. The van der Waals surface area contributed by atoms with Crippen LogP contribution in [0.25, 0.3) is 10.8 Å². The molecule has 8 heteroatoms. The molecule has 0 unspecified atom stereocenters. The van der Waals surface area contributed by atoms with Crippen molar-refractivity contribution < 1.29 is 14.7 Å². The second-order valence-electron chi connectivity index (χ2n) is 6.29. The van der Waals surface area contributed by atoms with Gasteiger partial charge in [-0.1, -0.05) is 42.5 Å². The van der Waals surface area contributed by atoms with Gasteiger partial charge < -0.3 is 10.4 Å². The van der Waals surface area contributed by atoms with E-state index in [1.165, 1.54) is 12.3 Å². The van der Waals surface area contributed by atoms with Crippen LogP contribution < -0.4 is 5.32 Å². The highest BCUT2D eigenvalue weighted by Crippen LogP contribution is 2.20. The Kier molecular flexibility index (Phi) is 4.59. The van der Waals surface area contributed by atoms with Crippen LogP contribution in [0.3, 0.4) is 0 Å². The van der Waals surface area contributed by atoms with E-state index < -0.39 is 11.9 Å². The van der Waals surface area contributed by atoms with Crippen LogP contribution in [0.15, 0.2) is 67.1 Å². The van der Waals surface area contributed by atoms with Crippen LogP contribution in [-0.2, 0) is 17.9 Å². The number of fused-ring (bicyclic) bond motifs is 1. The van der Waals surface area contributed by atoms with Crippen LogP contribution in [0.4, 0.5) is 5.69 Å². The average molecular weight is 375 g/mol. The second-order valence-corrected chi connectivity index (χ2v) is 6.29. The summed E-state index contributed by atoms with van der Waals surface area (Å²) in [6.45, 7) is 0.185. The van der Waals surface area contributed by atoms with Crippen molar-refractivity contribution >= 4 is 28.3 Å². The molecule has 2 N–H and O–H groups in total. The normalized spacial score (nSPS) is 10.9. The summed E-state index contributed by atoms with van der Waals surface area (Å²) in [5.74, 6) is -1.51. The van der Waals surface area contributed by atoms with E-state index in [9.17, 15) is 9.59 Å². The predicted molar refractivity (Wildman–Crippen MR) is 103 cm³/mol. The van der Waals surface area contributed by atoms with Gasteiger partial charge in [0.25, 0.3) is 5.91 Å². The fourth-order valence-corrected chi connectivity index (χ4v) is 3.09. The zero-order valence-electron chi connectivity index (χ0n) is 14.8. The molecule has 0 aliphatic carbocycles. The third-order valence-corrected chi connectivity index (χ3v) is 4.34. The zero-order valence-corrected chi connectivity index (χ0v) is 14.8. The van der Waals surface area contributed by atoms with Gasteiger partial charge in [-0.25, -0.2) is 4.68 Å². The standard InChI is InChI=1S/C20H17N5O3/c26-19(27)13-25-18(8-9-21-25)20(28)23-16-10-22-24(12-16)11-15-6-3-5-14-4-1-2-7-17(14)15/h1-10,12H,11,13H2,(H,23,28)(H,26,27). The SMILES string of the molecule is O=C(O)Cn1nccc1C(=O)Nc1cnn(Cc2cccc3ccccc23)c1. The maximum absolute atomic E-state index is 12.4. The minimum atomic E-state index is -1.07. The molecule has 0 aliphatic heterocycles. The van der Waals surface area contributed by atoms with Crippen LogP contribution in [0.5, 0.6) is 0 Å². The van der Waals surface area contributed by atoms with Crippen LogP contribution in [0.1, 0.15) is 16.1 Å². The van der Waals surface area contributed by atoms with Gasteiger partial charge in [0, 0.05) is 12.4 Å². The molecule has 0 atom stereocenters. The first-order chi connectivity index (χ1) is 13.6. The van der Waals surface area contributed by atoms with Crippen molar-refractivity contribution in [3.63, 3.8) is 0 Å². The monoisotopic (exact) mass is 375 g/mol. The summed E-state index contributed by atoms with van der Waals surface area (Å²) >= 11 is 0. The number of anilines is 1. The molecular weight excluding hydrogens is 358 g/mol. The van der Waals surface area contributed by atoms with Gasteiger partial charge in [-0.2, -0.15) is 10.2 Å². The molecule has 0 bridgehead atoms. The number of carbonyl (C=O) groups is 2. The minimum Gasteiger partial charge on any atom is -0.480 e. The quantitative estimate of drug-likeness (QED) is 0.539. The Morgan fingerprint density at radius 2 is 1.86 bits per heavy atom. The van der Waals surface area contributed by atoms with E-state index in [1.54, 1.807) is 17.1 Å². The van der Waals surface area contributed by atoms with Crippen LogP contribution in [0, 0.1) is 0 Å². The molecule has 0 saturated carbocycles. The Labute approximate surface area is 160 Å². The van der Waals surface area contributed by atoms with E-state index in [1.807, 2.05) is 24.3 Å². The first-order valence-corrected chi connectivity index (χ1v) is 8.64. The molecule has 4 rings (SSSR count). The Balaban J connectivity index is 1.50. The van der Waals surface area contributed by atoms with E-state index in [0.29, 0.717) is 12.2 Å². The lowest BCUT2D eigenvalue weighted by molar-refractivity contribution is -0.137. The number of aliphatic carboxylic acids is 1. The van der Waals surface area contributed by atoms with Crippen molar-refractivity contribution in [2.75, 3.05) is 5.32 Å². The molecule has 2 aromatic heterocycles. The Morgan fingerprint density at radius 3 is 2.71 bits per heavy atom. The molecule has 0 radical (unpaired) electrons. The maximum Gasteiger partial charge on any atom is 0.325 e. The van der Waals surface area contributed by atoms with E-state index in [0.717, 1.165) is 21.0 Å². The molecule has 2 heterocycles. The topological polar surface area (TPSA) is 102 Å². The van der Waals surface area contributed by atoms with Crippen molar-refractivity contribution in [2.24, 2.45) is 0 Å². The molecule has 0 saturated heterocycles. The van der Waals surface area contributed by atoms with E-state index in [-0.39, 0.29) is 12.2 Å². The highest BCUT2D eigenvalue weighted by atomic mass is 16.4. The lowest BCUT2D eigenvalue weighted by Gasteiger charge is -2.07. The van der Waals surface area contributed by atoms with Gasteiger partial charge in [-0.3, -0.25) is 14.3 Å². The number of benzene rings is 2. The molecule has 28 heavy (non-hydrogen) atoms. The molecule has 2 aromatic carbocycles. The van der Waals surface area contributed by atoms with Crippen LogP contribution in [-0.4, -0.2) is 36.5 Å². The summed E-state index contributed by atoms with van der Waals surface area (Å²) < 4.78 is 2.88. The third-order valence-electron chi connectivity index (χ3n) is 4.34. The molecule has 1 amide bonds. The lowest BCUT2D eigenvalue weighted by atomic mass is 10.0. The molecule has 140 valence electrons. The van der Waals surface area contributed by atoms with Crippen molar-refractivity contribution in [2.45, 2.75) is 13.1 Å². The van der Waals surface area contributed by atoms with E-state index in [2.05, 4.69) is 33.7 Å². The van der Waals surface area contributed by atoms with Gasteiger partial charge in [0.2, 0.25) is 0 Å². The smallest absolute Gasteiger partial charge is 0.325 e. The fourth-order valence-electron chi connectivity index (χ4n) is 3.09. The van der Waals surface area contributed by atoms with Crippen LogP contribution in [0.2, 0.25) is 0 Å². The van der Waals surface area contributed by atoms with Crippen molar-refractivity contribution in [1.29, 1.82) is 0 Å².